The second kappa shape index (κ2) is 8.34. The van der Waals surface area contributed by atoms with Gasteiger partial charge in [0.25, 0.3) is 11.8 Å². The summed E-state index contributed by atoms with van der Waals surface area (Å²) in [6.07, 6.45) is -4.51. The number of alkyl halides is 3. The number of nitrogens with zero attached hydrogens (tertiary/aromatic N) is 2. The number of halogens is 3. The predicted molar refractivity (Wildman–Crippen MR) is 117 cm³/mol. The van der Waals surface area contributed by atoms with Gasteiger partial charge in [-0.1, -0.05) is 48.5 Å². The summed E-state index contributed by atoms with van der Waals surface area (Å²) in [5.74, 6) is -1.16. The topological polar surface area (TPSA) is 40.6 Å². The zero-order chi connectivity index (χ0) is 22.9. The molecule has 0 aromatic heterocycles. The number of carbonyl (C=O) groups is 2. The average molecular weight is 436 g/mol. The van der Waals surface area contributed by atoms with Crippen molar-refractivity contribution in [3.05, 3.63) is 102 Å². The number of carbonyl (C=O) groups excluding carboxylic acids is 2. The molecule has 0 unspecified atom stereocenters. The van der Waals surface area contributed by atoms with E-state index < -0.39 is 23.6 Å². The highest BCUT2D eigenvalue weighted by Gasteiger charge is 2.43. The monoisotopic (exact) mass is 436 g/mol. The van der Waals surface area contributed by atoms with Crippen molar-refractivity contribution in [2.75, 3.05) is 16.3 Å². The Morgan fingerprint density at radius 3 is 1.88 bits per heavy atom. The summed E-state index contributed by atoms with van der Waals surface area (Å²) >= 11 is 0. The first-order chi connectivity index (χ1) is 15.3. The molecule has 0 fully saturated rings. The first kappa shape index (κ1) is 21.4. The molecule has 1 aliphatic heterocycles. The number of rotatable bonds is 5. The molecule has 0 saturated carbocycles. The van der Waals surface area contributed by atoms with Crippen molar-refractivity contribution >= 4 is 28.8 Å². The van der Waals surface area contributed by atoms with Crippen molar-refractivity contribution in [1.29, 1.82) is 0 Å². The number of hydrogen-bond donors (Lipinski definition) is 0. The zero-order valence-corrected chi connectivity index (χ0v) is 17.1. The van der Waals surface area contributed by atoms with Gasteiger partial charge in [-0.25, -0.2) is 4.90 Å². The van der Waals surface area contributed by atoms with Crippen LogP contribution in [-0.4, -0.2) is 18.4 Å². The molecule has 0 atom stereocenters. The SMILES string of the molecule is CCN(C1=C(c2ccccc2)C(=O)N(c2ccc(C(F)(F)F)cc2)C1=O)c1ccccc1. The van der Waals surface area contributed by atoms with E-state index >= 15 is 0 Å². The molecule has 7 heteroatoms. The number of imide groups is 1. The molecule has 4 nitrogen and oxygen atoms in total. The number of para-hydroxylation sites is 1. The number of benzene rings is 3. The van der Waals surface area contributed by atoms with Crippen LogP contribution in [0, 0.1) is 0 Å². The maximum atomic E-state index is 13.5. The fraction of sp³-hybridized carbons (Fsp3) is 0.120. The highest BCUT2D eigenvalue weighted by atomic mass is 19.4. The van der Waals surface area contributed by atoms with Crippen LogP contribution in [0.3, 0.4) is 0 Å². The van der Waals surface area contributed by atoms with E-state index in [0.29, 0.717) is 12.1 Å². The summed E-state index contributed by atoms with van der Waals surface area (Å²) < 4.78 is 38.9. The highest BCUT2D eigenvalue weighted by molar-refractivity contribution is 6.46. The Bertz CT molecular complexity index is 1170. The van der Waals surface area contributed by atoms with Crippen LogP contribution in [0.1, 0.15) is 18.1 Å². The minimum atomic E-state index is -4.51. The molecular weight excluding hydrogens is 417 g/mol. The van der Waals surface area contributed by atoms with Crippen LogP contribution in [0.15, 0.2) is 90.6 Å². The van der Waals surface area contributed by atoms with Crippen LogP contribution in [0.5, 0.6) is 0 Å². The Labute approximate surface area is 183 Å². The fourth-order valence-electron chi connectivity index (χ4n) is 3.75. The van der Waals surface area contributed by atoms with Gasteiger partial charge in [0.15, 0.2) is 0 Å². The van der Waals surface area contributed by atoms with E-state index in [-0.39, 0.29) is 17.0 Å². The van der Waals surface area contributed by atoms with E-state index in [1.54, 1.807) is 35.2 Å². The molecule has 4 rings (SSSR count). The Morgan fingerprint density at radius 1 is 0.781 bits per heavy atom. The van der Waals surface area contributed by atoms with Crippen LogP contribution in [0.2, 0.25) is 0 Å². The van der Waals surface area contributed by atoms with E-state index in [9.17, 15) is 22.8 Å². The van der Waals surface area contributed by atoms with E-state index in [1.807, 2.05) is 37.3 Å². The van der Waals surface area contributed by atoms with Gasteiger partial charge in [0.2, 0.25) is 0 Å². The molecule has 32 heavy (non-hydrogen) atoms. The number of likely N-dealkylation sites (N-methyl/N-ethyl adjacent to an activating group) is 1. The summed E-state index contributed by atoms with van der Waals surface area (Å²) in [6, 6.07) is 22.0. The lowest BCUT2D eigenvalue weighted by Gasteiger charge is -2.25. The first-order valence-electron chi connectivity index (χ1n) is 10.0. The van der Waals surface area contributed by atoms with Gasteiger partial charge in [0.1, 0.15) is 5.70 Å². The Hall–Kier alpha value is -3.87. The molecular formula is C25H19F3N2O2. The quantitative estimate of drug-likeness (QED) is 0.495. The van der Waals surface area contributed by atoms with Gasteiger partial charge < -0.3 is 4.90 Å². The molecule has 0 saturated heterocycles. The lowest BCUT2D eigenvalue weighted by molar-refractivity contribution is -0.137. The smallest absolute Gasteiger partial charge is 0.337 e. The third-order valence-corrected chi connectivity index (χ3v) is 5.23. The fourth-order valence-corrected chi connectivity index (χ4v) is 3.75. The largest absolute Gasteiger partial charge is 0.416 e. The molecule has 0 radical (unpaired) electrons. The van der Waals surface area contributed by atoms with E-state index in [2.05, 4.69) is 0 Å². The van der Waals surface area contributed by atoms with Crippen LogP contribution < -0.4 is 9.80 Å². The molecule has 3 aromatic rings. The van der Waals surface area contributed by atoms with Crippen molar-refractivity contribution < 1.29 is 22.8 Å². The van der Waals surface area contributed by atoms with Crippen molar-refractivity contribution in [3.8, 4) is 0 Å². The maximum Gasteiger partial charge on any atom is 0.416 e. The minimum absolute atomic E-state index is 0.0838. The zero-order valence-electron chi connectivity index (χ0n) is 17.1. The second-order valence-corrected chi connectivity index (χ2v) is 7.16. The van der Waals surface area contributed by atoms with E-state index in [4.69, 9.17) is 0 Å². The molecule has 0 bridgehead atoms. The van der Waals surface area contributed by atoms with Crippen molar-refractivity contribution in [2.24, 2.45) is 0 Å². The summed E-state index contributed by atoms with van der Waals surface area (Å²) in [7, 11) is 0. The maximum absolute atomic E-state index is 13.5. The molecule has 2 amide bonds. The van der Waals surface area contributed by atoms with Crippen molar-refractivity contribution in [1.82, 2.24) is 0 Å². The number of hydrogen-bond acceptors (Lipinski definition) is 3. The molecule has 3 aromatic carbocycles. The molecule has 0 aliphatic carbocycles. The van der Waals surface area contributed by atoms with Crippen LogP contribution in [-0.2, 0) is 15.8 Å². The molecule has 1 heterocycles. The summed E-state index contributed by atoms with van der Waals surface area (Å²) in [5.41, 5.74) is 0.923. The van der Waals surface area contributed by atoms with E-state index in [1.165, 1.54) is 0 Å². The summed E-state index contributed by atoms with van der Waals surface area (Å²) in [5, 5.41) is 0. The predicted octanol–water partition coefficient (Wildman–Crippen LogP) is 5.52. The highest BCUT2D eigenvalue weighted by Crippen LogP contribution is 2.37. The van der Waals surface area contributed by atoms with Crippen LogP contribution >= 0.6 is 0 Å². The van der Waals surface area contributed by atoms with Crippen LogP contribution in [0.25, 0.3) is 5.57 Å². The van der Waals surface area contributed by atoms with Crippen LogP contribution in [0.4, 0.5) is 24.5 Å². The van der Waals surface area contributed by atoms with Gasteiger partial charge in [-0.15, -0.1) is 0 Å². The summed E-state index contributed by atoms with van der Waals surface area (Å²) in [6.45, 7) is 2.27. The second-order valence-electron chi connectivity index (χ2n) is 7.16. The summed E-state index contributed by atoms with van der Waals surface area (Å²) in [4.78, 5) is 29.7. The van der Waals surface area contributed by atoms with Gasteiger partial charge in [-0.3, -0.25) is 9.59 Å². The lowest BCUT2D eigenvalue weighted by Crippen LogP contribution is -2.35. The Morgan fingerprint density at radius 2 is 1.34 bits per heavy atom. The normalized spacial score (nSPS) is 14.3. The third-order valence-electron chi connectivity index (χ3n) is 5.23. The van der Waals surface area contributed by atoms with Gasteiger partial charge in [0, 0.05) is 12.2 Å². The Balaban J connectivity index is 1.84. The van der Waals surface area contributed by atoms with E-state index in [0.717, 1.165) is 34.9 Å². The number of amides is 2. The molecule has 1 aliphatic rings. The standard InChI is InChI=1S/C25H19F3N2O2/c1-2-29(19-11-7-4-8-12-19)22-21(17-9-5-3-6-10-17)23(31)30(24(22)32)20-15-13-18(14-16-20)25(26,27)28/h3-16H,2H2,1H3. The Kier molecular flexibility index (Phi) is 5.57. The van der Waals surface area contributed by atoms with Gasteiger partial charge in [-0.2, -0.15) is 13.2 Å². The van der Waals surface area contributed by atoms with Crippen molar-refractivity contribution in [3.63, 3.8) is 0 Å². The third kappa shape index (κ3) is 3.77. The van der Waals surface area contributed by atoms with Gasteiger partial charge >= 0.3 is 6.18 Å². The first-order valence-corrected chi connectivity index (χ1v) is 10.0. The molecule has 0 spiro atoms. The van der Waals surface area contributed by atoms with Gasteiger partial charge in [-0.05, 0) is 48.9 Å². The number of anilines is 2. The molecule has 0 N–H and O–H groups in total. The average Bonchev–Trinajstić information content (AvgIpc) is 3.05. The minimum Gasteiger partial charge on any atom is -0.337 e. The van der Waals surface area contributed by atoms with Gasteiger partial charge in [0.05, 0.1) is 16.8 Å². The molecule has 162 valence electrons. The van der Waals surface area contributed by atoms with Crippen molar-refractivity contribution in [2.45, 2.75) is 13.1 Å². The lowest BCUT2D eigenvalue weighted by atomic mass is 10.0.